The highest BCUT2D eigenvalue weighted by Gasteiger charge is 2.23. The number of aromatic nitrogens is 1. The molecule has 106 valence electrons. The predicted octanol–water partition coefficient (Wildman–Crippen LogP) is 4.76. The van der Waals surface area contributed by atoms with Gasteiger partial charge in [0.05, 0.1) is 0 Å². The topological polar surface area (TPSA) is 24.9 Å². The highest BCUT2D eigenvalue weighted by Crippen LogP contribution is 2.29. The molecule has 0 aromatic carbocycles. The molecule has 0 amide bonds. The predicted molar refractivity (Wildman–Crippen MR) is 82.6 cm³/mol. The smallest absolute Gasteiger partial charge is 0.126 e. The molecular weight excluding hydrogens is 232 g/mol. The lowest BCUT2D eigenvalue weighted by Gasteiger charge is -2.32. The maximum atomic E-state index is 4.60. The summed E-state index contributed by atoms with van der Waals surface area (Å²) in [7, 11) is 0. The Balaban J connectivity index is 2.02. The zero-order valence-corrected chi connectivity index (χ0v) is 12.9. The van der Waals surface area contributed by atoms with Gasteiger partial charge in [-0.25, -0.2) is 4.98 Å². The van der Waals surface area contributed by atoms with Crippen molar-refractivity contribution in [3.05, 3.63) is 23.9 Å². The zero-order chi connectivity index (χ0) is 13.9. The van der Waals surface area contributed by atoms with E-state index in [2.05, 4.69) is 50.1 Å². The van der Waals surface area contributed by atoms with Crippen LogP contribution >= 0.6 is 0 Å². The Morgan fingerprint density at radius 1 is 1.21 bits per heavy atom. The Bertz CT molecular complexity index is 389. The van der Waals surface area contributed by atoms with E-state index in [-0.39, 0.29) is 5.41 Å². The van der Waals surface area contributed by atoms with E-state index in [0.29, 0.717) is 6.04 Å². The lowest BCUT2D eigenvalue weighted by molar-refractivity contribution is 0.317. The fraction of sp³-hybridized carbons (Fsp3) is 0.706. The summed E-state index contributed by atoms with van der Waals surface area (Å²) < 4.78 is 0. The molecule has 0 aliphatic heterocycles. The number of anilines is 1. The first-order valence-electron chi connectivity index (χ1n) is 7.74. The maximum absolute atomic E-state index is 4.60. The quantitative estimate of drug-likeness (QED) is 0.847. The molecule has 2 rings (SSSR count). The van der Waals surface area contributed by atoms with Gasteiger partial charge in [-0.3, -0.25) is 0 Å². The van der Waals surface area contributed by atoms with E-state index in [1.54, 1.807) is 0 Å². The summed E-state index contributed by atoms with van der Waals surface area (Å²) in [5.41, 5.74) is 1.48. The van der Waals surface area contributed by atoms with Gasteiger partial charge >= 0.3 is 0 Å². The van der Waals surface area contributed by atoms with Crippen molar-refractivity contribution in [3.63, 3.8) is 0 Å². The van der Waals surface area contributed by atoms with Gasteiger partial charge in [0, 0.05) is 12.2 Å². The summed E-state index contributed by atoms with van der Waals surface area (Å²) in [6.45, 7) is 8.99. The number of nitrogens with one attached hydrogen (secondary N) is 1. The third-order valence-electron chi connectivity index (χ3n) is 4.40. The first-order chi connectivity index (χ1) is 9.00. The molecule has 1 N–H and O–H groups in total. The van der Waals surface area contributed by atoms with E-state index in [0.717, 1.165) is 11.7 Å². The minimum absolute atomic E-state index is 0.183. The molecule has 1 aromatic heterocycles. The molecule has 2 heteroatoms. The second kappa shape index (κ2) is 5.94. The maximum Gasteiger partial charge on any atom is 0.126 e. The molecular formula is C17H28N2. The van der Waals surface area contributed by atoms with Crippen molar-refractivity contribution in [3.8, 4) is 0 Å². The van der Waals surface area contributed by atoms with Gasteiger partial charge in [-0.05, 0) is 35.8 Å². The first kappa shape index (κ1) is 14.4. The molecule has 2 atom stereocenters. The van der Waals surface area contributed by atoms with E-state index in [4.69, 9.17) is 0 Å². The molecule has 1 saturated carbocycles. The lowest BCUT2D eigenvalue weighted by Crippen LogP contribution is -2.32. The van der Waals surface area contributed by atoms with Gasteiger partial charge in [0.1, 0.15) is 5.82 Å². The van der Waals surface area contributed by atoms with Crippen LogP contribution in [-0.4, -0.2) is 11.0 Å². The van der Waals surface area contributed by atoms with E-state index in [1.807, 2.05) is 6.20 Å². The molecule has 1 aliphatic carbocycles. The monoisotopic (exact) mass is 260 g/mol. The minimum atomic E-state index is 0.183. The Kier molecular flexibility index (Phi) is 4.49. The van der Waals surface area contributed by atoms with Gasteiger partial charge in [-0.2, -0.15) is 0 Å². The van der Waals surface area contributed by atoms with Crippen molar-refractivity contribution in [2.75, 3.05) is 5.32 Å². The second-order valence-electron chi connectivity index (χ2n) is 6.89. The number of rotatable bonds is 3. The molecule has 0 spiro atoms. The van der Waals surface area contributed by atoms with Crippen molar-refractivity contribution in [2.45, 2.75) is 71.3 Å². The molecule has 1 aromatic rings. The van der Waals surface area contributed by atoms with Gasteiger partial charge in [0.2, 0.25) is 0 Å². The molecule has 2 unspecified atom stereocenters. The van der Waals surface area contributed by atoms with Crippen LogP contribution in [0.5, 0.6) is 0 Å². The van der Waals surface area contributed by atoms with Crippen LogP contribution in [0.25, 0.3) is 0 Å². The van der Waals surface area contributed by atoms with Gasteiger partial charge in [0.15, 0.2) is 0 Å². The van der Waals surface area contributed by atoms with Crippen molar-refractivity contribution in [2.24, 2.45) is 5.92 Å². The van der Waals surface area contributed by atoms with Gasteiger partial charge in [-0.15, -0.1) is 0 Å². The fourth-order valence-electron chi connectivity index (χ4n) is 3.00. The van der Waals surface area contributed by atoms with Gasteiger partial charge in [0.25, 0.3) is 0 Å². The van der Waals surface area contributed by atoms with Crippen LogP contribution < -0.4 is 5.32 Å². The fourth-order valence-corrected chi connectivity index (χ4v) is 3.00. The Morgan fingerprint density at radius 2 is 1.95 bits per heavy atom. The Hall–Kier alpha value is -1.05. The third kappa shape index (κ3) is 3.71. The average molecular weight is 260 g/mol. The molecule has 1 fully saturated rings. The van der Waals surface area contributed by atoms with Crippen LogP contribution in [-0.2, 0) is 5.41 Å². The van der Waals surface area contributed by atoms with Crippen LogP contribution in [0.15, 0.2) is 18.3 Å². The Morgan fingerprint density at radius 3 is 2.53 bits per heavy atom. The van der Waals surface area contributed by atoms with Crippen molar-refractivity contribution >= 4 is 5.82 Å². The molecule has 2 nitrogen and oxygen atoms in total. The highest BCUT2D eigenvalue weighted by molar-refractivity contribution is 5.38. The summed E-state index contributed by atoms with van der Waals surface area (Å²) in [4.78, 5) is 4.60. The molecule has 19 heavy (non-hydrogen) atoms. The normalized spacial score (nSPS) is 24.2. The van der Waals surface area contributed by atoms with E-state index in [9.17, 15) is 0 Å². The Labute approximate surface area is 118 Å². The van der Waals surface area contributed by atoms with E-state index < -0.39 is 0 Å². The van der Waals surface area contributed by atoms with Crippen LogP contribution in [0.2, 0.25) is 0 Å². The second-order valence-corrected chi connectivity index (χ2v) is 6.89. The SMILES string of the molecule is CCC1CCCCC1Nc1ccc(C(C)(C)C)cn1. The summed E-state index contributed by atoms with van der Waals surface area (Å²) in [5, 5.41) is 3.65. The lowest BCUT2D eigenvalue weighted by atomic mass is 9.83. The summed E-state index contributed by atoms with van der Waals surface area (Å²) >= 11 is 0. The molecule has 0 saturated heterocycles. The van der Waals surface area contributed by atoms with Crippen LogP contribution in [0, 0.1) is 5.92 Å². The number of hydrogen-bond donors (Lipinski definition) is 1. The molecule has 0 radical (unpaired) electrons. The highest BCUT2D eigenvalue weighted by atomic mass is 15.0. The van der Waals surface area contributed by atoms with E-state index in [1.165, 1.54) is 37.7 Å². The molecule has 0 bridgehead atoms. The van der Waals surface area contributed by atoms with E-state index >= 15 is 0 Å². The number of hydrogen-bond acceptors (Lipinski definition) is 2. The van der Waals surface area contributed by atoms with Gasteiger partial charge in [-0.1, -0.05) is 53.0 Å². The van der Waals surface area contributed by atoms with Gasteiger partial charge < -0.3 is 5.32 Å². The molecule has 1 aliphatic rings. The summed E-state index contributed by atoms with van der Waals surface area (Å²) in [6.07, 6.45) is 8.71. The first-order valence-corrected chi connectivity index (χ1v) is 7.74. The van der Waals surface area contributed by atoms with Crippen molar-refractivity contribution in [1.29, 1.82) is 0 Å². The summed E-state index contributed by atoms with van der Waals surface area (Å²) in [5.74, 6) is 1.86. The average Bonchev–Trinajstić information content (AvgIpc) is 2.39. The summed E-state index contributed by atoms with van der Waals surface area (Å²) in [6, 6.07) is 4.97. The standard InChI is InChI=1S/C17H28N2/c1-5-13-8-6-7-9-15(13)19-16-11-10-14(12-18-16)17(2,3)4/h10-13,15H,5-9H2,1-4H3,(H,18,19). The largest absolute Gasteiger partial charge is 0.367 e. The van der Waals surface area contributed by atoms with Crippen LogP contribution in [0.1, 0.15) is 65.4 Å². The minimum Gasteiger partial charge on any atom is -0.367 e. The molecule has 1 heterocycles. The van der Waals surface area contributed by atoms with Crippen LogP contribution in [0.4, 0.5) is 5.82 Å². The number of nitrogens with zero attached hydrogens (tertiary/aromatic N) is 1. The number of pyridine rings is 1. The van der Waals surface area contributed by atoms with Crippen LogP contribution in [0.3, 0.4) is 0 Å². The van der Waals surface area contributed by atoms with Crippen molar-refractivity contribution < 1.29 is 0 Å². The van der Waals surface area contributed by atoms with Crippen molar-refractivity contribution in [1.82, 2.24) is 4.98 Å². The third-order valence-corrected chi connectivity index (χ3v) is 4.40. The zero-order valence-electron chi connectivity index (χ0n) is 12.9.